The van der Waals surface area contributed by atoms with Gasteiger partial charge in [0.15, 0.2) is 0 Å². The Hall–Kier alpha value is -0.850. The van der Waals surface area contributed by atoms with E-state index in [1.807, 2.05) is 0 Å². The second-order valence-electron chi connectivity index (χ2n) is 6.08. The van der Waals surface area contributed by atoms with Crippen LogP contribution in [0.2, 0.25) is 0 Å². The maximum Gasteiger partial charge on any atom is 0.136 e. The molecule has 1 heteroatoms. The van der Waals surface area contributed by atoms with Gasteiger partial charge in [-0.3, -0.25) is 4.79 Å². The van der Waals surface area contributed by atoms with Crippen molar-refractivity contribution in [3.63, 3.8) is 0 Å². The Balaban J connectivity index is 2.34. The van der Waals surface area contributed by atoms with E-state index < -0.39 is 0 Å². The fraction of sp³-hybridized carbons (Fsp3) is 0.722. The van der Waals surface area contributed by atoms with Gasteiger partial charge in [-0.25, -0.2) is 0 Å². The Bertz CT molecular complexity index is 332. The second kappa shape index (κ2) is 9.12. The lowest BCUT2D eigenvalue weighted by Gasteiger charge is -2.21. The molecule has 0 saturated carbocycles. The fourth-order valence-corrected chi connectivity index (χ4v) is 2.77. The van der Waals surface area contributed by atoms with Crippen molar-refractivity contribution >= 4 is 5.78 Å². The molecule has 0 fully saturated rings. The molecule has 0 heterocycles. The third-order valence-electron chi connectivity index (χ3n) is 3.96. The molecule has 1 aliphatic rings. The molecule has 0 aromatic heterocycles. The van der Waals surface area contributed by atoms with Crippen LogP contribution < -0.4 is 0 Å². The highest BCUT2D eigenvalue weighted by Gasteiger charge is 2.21. The summed E-state index contributed by atoms with van der Waals surface area (Å²) in [4.78, 5) is 12.2. The minimum atomic E-state index is 0.323. The maximum absolute atomic E-state index is 12.2. The van der Waals surface area contributed by atoms with Crippen LogP contribution in [0, 0.1) is 5.92 Å². The van der Waals surface area contributed by atoms with E-state index in [-0.39, 0.29) is 0 Å². The van der Waals surface area contributed by atoms with Gasteiger partial charge in [-0.05, 0) is 52.4 Å². The molecule has 0 unspecified atom stereocenters. The van der Waals surface area contributed by atoms with Gasteiger partial charge < -0.3 is 0 Å². The number of hydrogen-bond acceptors (Lipinski definition) is 1. The molecule has 0 aromatic carbocycles. The quantitative estimate of drug-likeness (QED) is 0.410. The summed E-state index contributed by atoms with van der Waals surface area (Å²) in [6, 6.07) is 0. The Morgan fingerprint density at radius 3 is 2.84 bits per heavy atom. The number of allylic oxidation sites excluding steroid dienone is 4. The van der Waals surface area contributed by atoms with E-state index in [0.717, 1.165) is 44.9 Å². The van der Waals surface area contributed by atoms with Gasteiger partial charge >= 0.3 is 0 Å². The first-order valence-electron chi connectivity index (χ1n) is 7.97. The van der Waals surface area contributed by atoms with Crippen molar-refractivity contribution < 1.29 is 4.79 Å². The Labute approximate surface area is 119 Å². The maximum atomic E-state index is 12.2. The van der Waals surface area contributed by atoms with E-state index in [1.165, 1.54) is 24.0 Å². The van der Waals surface area contributed by atoms with Crippen LogP contribution in [0.15, 0.2) is 23.3 Å². The Kier molecular flexibility index (Phi) is 7.78. The van der Waals surface area contributed by atoms with E-state index in [2.05, 4.69) is 32.9 Å². The third kappa shape index (κ3) is 6.75. The van der Waals surface area contributed by atoms with Gasteiger partial charge in [-0.2, -0.15) is 0 Å². The molecule has 0 N–H and O–H groups in total. The summed E-state index contributed by atoms with van der Waals surface area (Å²) in [5.74, 6) is 0.838. The van der Waals surface area contributed by atoms with Gasteiger partial charge in [0.2, 0.25) is 0 Å². The lowest BCUT2D eigenvalue weighted by atomic mass is 9.83. The number of rotatable bonds is 8. The van der Waals surface area contributed by atoms with Crippen molar-refractivity contribution in [2.45, 2.75) is 78.6 Å². The Morgan fingerprint density at radius 2 is 2.16 bits per heavy atom. The van der Waals surface area contributed by atoms with Gasteiger partial charge in [0.25, 0.3) is 0 Å². The van der Waals surface area contributed by atoms with Crippen LogP contribution in [-0.4, -0.2) is 5.78 Å². The van der Waals surface area contributed by atoms with Gasteiger partial charge in [0, 0.05) is 12.3 Å². The predicted octanol–water partition coefficient (Wildman–Crippen LogP) is 5.61. The van der Waals surface area contributed by atoms with Crippen LogP contribution in [0.3, 0.4) is 0 Å². The van der Waals surface area contributed by atoms with Crippen LogP contribution in [0.1, 0.15) is 78.6 Å². The number of hydrogen-bond donors (Lipinski definition) is 0. The zero-order valence-corrected chi connectivity index (χ0v) is 13.0. The molecule has 0 aliphatic heterocycles. The molecule has 0 spiro atoms. The summed E-state index contributed by atoms with van der Waals surface area (Å²) in [5, 5.41) is 0. The first kappa shape index (κ1) is 16.2. The molecule has 0 saturated heterocycles. The number of ketones is 1. The molecule has 0 bridgehead atoms. The largest absolute Gasteiger partial charge is 0.299 e. The van der Waals surface area contributed by atoms with E-state index in [4.69, 9.17) is 0 Å². The molecular weight excluding hydrogens is 232 g/mol. The summed E-state index contributed by atoms with van der Waals surface area (Å²) in [5.41, 5.74) is 2.90. The molecule has 0 radical (unpaired) electrons. The topological polar surface area (TPSA) is 17.1 Å². The molecule has 1 atom stereocenters. The molecule has 1 nitrogen and oxygen atoms in total. The van der Waals surface area contributed by atoms with E-state index in [1.54, 1.807) is 0 Å². The number of carbonyl (C=O) groups excluding carboxylic acids is 1. The molecule has 1 aliphatic carbocycles. The highest BCUT2D eigenvalue weighted by Crippen LogP contribution is 2.29. The molecule has 0 aromatic rings. The van der Waals surface area contributed by atoms with E-state index in [9.17, 15) is 4.79 Å². The second-order valence-corrected chi connectivity index (χ2v) is 6.08. The molecule has 1 rings (SSSR count). The third-order valence-corrected chi connectivity index (χ3v) is 3.96. The standard InChI is InChI=1S/C18H30O/c1-4-5-6-13-18(19)17-12-8-11-16(14-17)10-7-9-15(2)3/h9,11,17H,4-8,10,12-14H2,1-3H3/t17-/m0/s1. The van der Waals surface area contributed by atoms with Crippen molar-refractivity contribution in [2.75, 3.05) is 0 Å². The molecule has 108 valence electrons. The number of Topliss-reactive ketones (excluding diaryl/α,β-unsaturated/α-hetero) is 1. The normalized spacial score (nSPS) is 18.9. The summed E-state index contributed by atoms with van der Waals surface area (Å²) in [6.07, 6.45) is 14.4. The summed E-state index contributed by atoms with van der Waals surface area (Å²) < 4.78 is 0. The lowest BCUT2D eigenvalue weighted by molar-refractivity contribution is -0.123. The van der Waals surface area contributed by atoms with Gasteiger partial charge in [0.1, 0.15) is 5.78 Å². The highest BCUT2D eigenvalue weighted by molar-refractivity contribution is 5.81. The minimum Gasteiger partial charge on any atom is -0.299 e. The zero-order chi connectivity index (χ0) is 14.1. The van der Waals surface area contributed by atoms with Crippen LogP contribution >= 0.6 is 0 Å². The van der Waals surface area contributed by atoms with Gasteiger partial charge in [-0.15, -0.1) is 0 Å². The number of carbonyl (C=O) groups is 1. The van der Waals surface area contributed by atoms with Crippen molar-refractivity contribution in [1.29, 1.82) is 0 Å². The van der Waals surface area contributed by atoms with Crippen LogP contribution in [0.4, 0.5) is 0 Å². The SMILES string of the molecule is CCCCCC(=O)[C@H]1CCC=C(CCC=C(C)C)C1. The molecule has 0 amide bonds. The Morgan fingerprint density at radius 1 is 1.37 bits per heavy atom. The average molecular weight is 262 g/mol. The minimum absolute atomic E-state index is 0.323. The highest BCUT2D eigenvalue weighted by atomic mass is 16.1. The first-order chi connectivity index (χ1) is 9.13. The van der Waals surface area contributed by atoms with Gasteiger partial charge in [-0.1, -0.05) is 43.1 Å². The summed E-state index contributed by atoms with van der Waals surface area (Å²) >= 11 is 0. The van der Waals surface area contributed by atoms with E-state index >= 15 is 0 Å². The average Bonchev–Trinajstić information content (AvgIpc) is 2.39. The zero-order valence-electron chi connectivity index (χ0n) is 13.0. The van der Waals surface area contributed by atoms with Crippen molar-refractivity contribution in [2.24, 2.45) is 5.92 Å². The lowest BCUT2D eigenvalue weighted by Crippen LogP contribution is -2.17. The van der Waals surface area contributed by atoms with Crippen LogP contribution in [-0.2, 0) is 4.79 Å². The summed E-state index contributed by atoms with van der Waals surface area (Å²) in [7, 11) is 0. The van der Waals surface area contributed by atoms with E-state index in [0.29, 0.717) is 11.7 Å². The van der Waals surface area contributed by atoms with Crippen LogP contribution in [0.5, 0.6) is 0 Å². The van der Waals surface area contributed by atoms with Crippen molar-refractivity contribution in [1.82, 2.24) is 0 Å². The number of unbranched alkanes of at least 4 members (excludes halogenated alkanes) is 2. The fourth-order valence-electron chi connectivity index (χ4n) is 2.77. The molecular formula is C18H30O. The first-order valence-corrected chi connectivity index (χ1v) is 7.97. The van der Waals surface area contributed by atoms with Crippen LogP contribution in [0.25, 0.3) is 0 Å². The molecule has 19 heavy (non-hydrogen) atoms. The summed E-state index contributed by atoms with van der Waals surface area (Å²) in [6.45, 7) is 6.49. The van der Waals surface area contributed by atoms with Crippen molar-refractivity contribution in [3.8, 4) is 0 Å². The van der Waals surface area contributed by atoms with Crippen molar-refractivity contribution in [3.05, 3.63) is 23.3 Å². The smallest absolute Gasteiger partial charge is 0.136 e. The monoisotopic (exact) mass is 262 g/mol. The van der Waals surface area contributed by atoms with Gasteiger partial charge in [0.05, 0.1) is 0 Å². The predicted molar refractivity (Wildman–Crippen MR) is 83.2 cm³/mol.